The van der Waals surface area contributed by atoms with Crippen LogP contribution in [0.5, 0.6) is 0 Å². The number of hydrogen-bond acceptors (Lipinski definition) is 3. The fourth-order valence-corrected chi connectivity index (χ4v) is 1.78. The van der Waals surface area contributed by atoms with Crippen LogP contribution in [0, 0.1) is 3.57 Å². The van der Waals surface area contributed by atoms with E-state index in [2.05, 4.69) is 32.9 Å². The van der Waals surface area contributed by atoms with Gasteiger partial charge in [0.05, 0.1) is 17.6 Å². The van der Waals surface area contributed by atoms with Crippen molar-refractivity contribution in [3.63, 3.8) is 0 Å². The van der Waals surface area contributed by atoms with Crippen molar-refractivity contribution in [2.45, 2.75) is 6.18 Å². The third kappa shape index (κ3) is 3.49. The summed E-state index contributed by atoms with van der Waals surface area (Å²) in [7, 11) is 0. The maximum Gasteiger partial charge on any atom is 0.433 e. The summed E-state index contributed by atoms with van der Waals surface area (Å²) in [6.07, 6.45) is -3.49. The van der Waals surface area contributed by atoms with Gasteiger partial charge in [-0.2, -0.15) is 13.2 Å². The van der Waals surface area contributed by atoms with Crippen LogP contribution in [0.2, 0.25) is 0 Å². The number of nitrogen functional groups attached to an aromatic ring is 1. The van der Waals surface area contributed by atoms with Crippen molar-refractivity contribution >= 4 is 39.7 Å². The van der Waals surface area contributed by atoms with Gasteiger partial charge in [0.15, 0.2) is 0 Å². The fraction of sp³-hybridized carbons (Fsp3) is 0.0833. The monoisotopic (exact) mass is 379 g/mol. The Kier molecular flexibility index (Phi) is 3.83. The molecule has 0 radical (unpaired) electrons. The van der Waals surface area contributed by atoms with Crippen LogP contribution in [-0.2, 0) is 6.18 Å². The molecule has 100 valence electrons. The van der Waals surface area contributed by atoms with Crippen LogP contribution in [0.3, 0.4) is 0 Å². The van der Waals surface area contributed by atoms with Gasteiger partial charge in [-0.25, -0.2) is 4.98 Å². The Bertz CT molecular complexity index is 582. The lowest BCUT2D eigenvalue weighted by molar-refractivity contribution is -0.141. The number of aromatic nitrogens is 1. The fourth-order valence-electron chi connectivity index (χ4n) is 1.42. The molecule has 0 aliphatic carbocycles. The molecule has 0 unspecified atom stereocenters. The van der Waals surface area contributed by atoms with Crippen LogP contribution in [0.4, 0.5) is 30.2 Å². The van der Waals surface area contributed by atoms with E-state index in [-0.39, 0.29) is 11.4 Å². The largest absolute Gasteiger partial charge is 0.433 e. The van der Waals surface area contributed by atoms with Crippen molar-refractivity contribution < 1.29 is 13.2 Å². The van der Waals surface area contributed by atoms with Gasteiger partial charge in [-0.05, 0) is 52.9 Å². The number of alkyl halides is 3. The van der Waals surface area contributed by atoms with Gasteiger partial charge >= 0.3 is 6.18 Å². The molecule has 0 saturated heterocycles. The molecular formula is C12H9F3IN3. The zero-order valence-electron chi connectivity index (χ0n) is 9.50. The summed E-state index contributed by atoms with van der Waals surface area (Å²) >= 11 is 2.14. The molecule has 0 spiro atoms. The molecule has 3 nitrogen and oxygen atoms in total. The molecule has 0 saturated carbocycles. The van der Waals surface area contributed by atoms with E-state index < -0.39 is 11.9 Å². The number of nitrogens with zero attached hydrogens (tertiary/aromatic N) is 1. The second-order valence-corrected chi connectivity index (χ2v) is 5.03. The Morgan fingerprint density at radius 1 is 1.16 bits per heavy atom. The zero-order valence-corrected chi connectivity index (χ0v) is 11.7. The van der Waals surface area contributed by atoms with E-state index in [0.29, 0.717) is 5.69 Å². The highest BCUT2D eigenvalue weighted by Crippen LogP contribution is 2.32. The molecule has 19 heavy (non-hydrogen) atoms. The number of halogens is 4. The normalized spacial score (nSPS) is 11.4. The molecule has 0 amide bonds. The molecule has 3 N–H and O–H groups in total. The summed E-state index contributed by atoms with van der Waals surface area (Å²) in [6, 6.07) is 8.09. The topological polar surface area (TPSA) is 50.9 Å². The Labute approximate surface area is 121 Å². The molecule has 2 rings (SSSR count). The SMILES string of the molecule is Nc1cnc(C(F)(F)F)cc1Nc1ccc(I)cc1. The van der Waals surface area contributed by atoms with Crippen LogP contribution in [0.1, 0.15) is 5.69 Å². The third-order valence-electron chi connectivity index (χ3n) is 2.35. The average Bonchev–Trinajstić information content (AvgIpc) is 2.33. The number of nitrogens with one attached hydrogen (secondary N) is 1. The second-order valence-electron chi connectivity index (χ2n) is 3.79. The summed E-state index contributed by atoms with van der Waals surface area (Å²) < 4.78 is 38.7. The van der Waals surface area contributed by atoms with Crippen molar-refractivity contribution in [1.29, 1.82) is 0 Å². The maximum atomic E-state index is 12.6. The number of anilines is 3. The number of rotatable bonds is 2. The second kappa shape index (κ2) is 5.24. The Hall–Kier alpha value is -1.51. The van der Waals surface area contributed by atoms with Gasteiger partial charge in [-0.1, -0.05) is 0 Å². The predicted molar refractivity (Wildman–Crippen MR) is 76.1 cm³/mol. The standard InChI is InChI=1S/C12H9F3IN3/c13-12(14,15)11-5-10(9(17)6-18-11)19-8-3-1-7(16)2-4-8/h1-6H,17H2,(H,18,19). The lowest BCUT2D eigenvalue weighted by atomic mass is 10.2. The highest BCUT2D eigenvalue weighted by atomic mass is 127. The number of pyridine rings is 1. The van der Waals surface area contributed by atoms with Gasteiger partial charge in [0.1, 0.15) is 5.69 Å². The smallest absolute Gasteiger partial charge is 0.396 e. The van der Waals surface area contributed by atoms with Gasteiger partial charge in [-0.15, -0.1) is 0 Å². The molecule has 7 heteroatoms. The van der Waals surface area contributed by atoms with E-state index in [1.165, 1.54) is 0 Å². The Morgan fingerprint density at radius 3 is 2.37 bits per heavy atom. The minimum atomic E-state index is -4.49. The van der Waals surface area contributed by atoms with Crippen LogP contribution in [0.25, 0.3) is 0 Å². The van der Waals surface area contributed by atoms with Crippen LogP contribution in [-0.4, -0.2) is 4.98 Å². The molecule has 1 aromatic heterocycles. The first-order valence-corrected chi connectivity index (χ1v) is 6.29. The van der Waals surface area contributed by atoms with E-state index in [9.17, 15) is 13.2 Å². The number of hydrogen-bond donors (Lipinski definition) is 2. The Morgan fingerprint density at radius 2 is 1.79 bits per heavy atom. The molecule has 1 aromatic carbocycles. The van der Waals surface area contributed by atoms with Crippen LogP contribution < -0.4 is 11.1 Å². The summed E-state index contributed by atoms with van der Waals surface area (Å²) in [6.45, 7) is 0. The molecule has 0 aliphatic rings. The first-order chi connectivity index (χ1) is 8.86. The molecule has 0 fully saturated rings. The molecule has 0 bridgehead atoms. The summed E-state index contributed by atoms with van der Waals surface area (Å²) in [5.41, 5.74) is 5.64. The van der Waals surface area contributed by atoms with E-state index >= 15 is 0 Å². The minimum absolute atomic E-state index is 0.159. The van der Waals surface area contributed by atoms with E-state index in [4.69, 9.17) is 5.73 Å². The molecule has 0 aliphatic heterocycles. The van der Waals surface area contributed by atoms with E-state index in [1.54, 1.807) is 12.1 Å². The quantitative estimate of drug-likeness (QED) is 0.775. The van der Waals surface area contributed by atoms with Gasteiger partial charge in [-0.3, -0.25) is 0 Å². The average molecular weight is 379 g/mol. The number of nitrogens with two attached hydrogens (primary N) is 1. The van der Waals surface area contributed by atoms with Gasteiger partial charge in [0.25, 0.3) is 0 Å². The summed E-state index contributed by atoms with van der Waals surface area (Å²) in [4.78, 5) is 3.27. The van der Waals surface area contributed by atoms with Crippen molar-refractivity contribution in [3.8, 4) is 0 Å². The maximum absolute atomic E-state index is 12.6. The molecular weight excluding hydrogens is 370 g/mol. The minimum Gasteiger partial charge on any atom is -0.396 e. The zero-order chi connectivity index (χ0) is 14.0. The van der Waals surface area contributed by atoms with E-state index in [0.717, 1.165) is 15.8 Å². The van der Waals surface area contributed by atoms with Crippen molar-refractivity contribution in [2.24, 2.45) is 0 Å². The lowest BCUT2D eigenvalue weighted by Gasteiger charge is -2.12. The molecule has 1 heterocycles. The van der Waals surface area contributed by atoms with E-state index in [1.807, 2.05) is 12.1 Å². The Balaban J connectivity index is 2.31. The van der Waals surface area contributed by atoms with Gasteiger partial charge in [0, 0.05) is 9.26 Å². The van der Waals surface area contributed by atoms with Gasteiger partial charge < -0.3 is 11.1 Å². The highest BCUT2D eigenvalue weighted by molar-refractivity contribution is 14.1. The highest BCUT2D eigenvalue weighted by Gasteiger charge is 2.32. The van der Waals surface area contributed by atoms with Crippen LogP contribution >= 0.6 is 22.6 Å². The summed E-state index contributed by atoms with van der Waals surface area (Å²) in [5, 5.41) is 2.84. The van der Waals surface area contributed by atoms with Crippen molar-refractivity contribution in [3.05, 3.63) is 45.8 Å². The first kappa shape index (κ1) is 13.9. The molecule has 2 aromatic rings. The predicted octanol–water partition coefficient (Wildman–Crippen LogP) is 4.03. The number of benzene rings is 1. The summed E-state index contributed by atoms with van der Waals surface area (Å²) in [5.74, 6) is 0. The van der Waals surface area contributed by atoms with Crippen LogP contribution in [0.15, 0.2) is 36.5 Å². The molecule has 0 atom stereocenters. The third-order valence-corrected chi connectivity index (χ3v) is 3.07. The lowest BCUT2D eigenvalue weighted by Crippen LogP contribution is -2.09. The van der Waals surface area contributed by atoms with Crippen molar-refractivity contribution in [2.75, 3.05) is 11.1 Å². The van der Waals surface area contributed by atoms with Gasteiger partial charge in [0.2, 0.25) is 0 Å². The first-order valence-electron chi connectivity index (χ1n) is 5.21. The van der Waals surface area contributed by atoms with Crippen molar-refractivity contribution in [1.82, 2.24) is 4.98 Å².